The number of hydrogen-bond donors (Lipinski definition) is 0. The van der Waals surface area contributed by atoms with Crippen molar-refractivity contribution in [3.63, 3.8) is 0 Å². The van der Waals surface area contributed by atoms with Crippen molar-refractivity contribution in [2.45, 2.75) is 20.8 Å². The molecule has 1 aliphatic rings. The van der Waals surface area contributed by atoms with E-state index in [1.54, 1.807) is 4.42 Å². The van der Waals surface area contributed by atoms with Crippen molar-refractivity contribution in [1.29, 1.82) is 0 Å². The lowest BCUT2D eigenvalue weighted by Crippen LogP contribution is -2.19. The molecule has 0 atom stereocenters. The average molecular weight is 172 g/mol. The van der Waals surface area contributed by atoms with Crippen LogP contribution in [0.5, 0.6) is 0 Å². The van der Waals surface area contributed by atoms with E-state index in [2.05, 4.69) is 32.9 Å². The van der Waals surface area contributed by atoms with Crippen LogP contribution in [0.15, 0.2) is 23.4 Å². The van der Waals surface area contributed by atoms with Crippen LogP contribution in [0.2, 0.25) is 0 Å². The van der Waals surface area contributed by atoms with E-state index in [0.29, 0.717) is 5.92 Å². The molecular weight excluding hydrogens is 158 g/mol. The van der Waals surface area contributed by atoms with Crippen molar-refractivity contribution in [3.8, 4) is 0 Å². The molecule has 2 heteroatoms. The van der Waals surface area contributed by atoms with Gasteiger partial charge in [0.15, 0.2) is 0 Å². The van der Waals surface area contributed by atoms with Crippen LogP contribution in [-0.4, -0.2) is 11.0 Å². The Morgan fingerprint density at radius 3 is 2.55 bits per heavy atom. The van der Waals surface area contributed by atoms with Gasteiger partial charge >= 0.3 is 0 Å². The smallest absolute Gasteiger partial charge is 0.0529 e. The van der Waals surface area contributed by atoms with Crippen LogP contribution < -0.4 is 0 Å². The maximum Gasteiger partial charge on any atom is 0.0529 e. The minimum Gasteiger partial charge on any atom is -0.285 e. The molecule has 0 aromatic heterocycles. The molecular formula is C9H14ClN. The minimum atomic E-state index is 0.512. The Bertz CT molecular complexity index is 204. The monoisotopic (exact) mass is 171 g/mol. The van der Waals surface area contributed by atoms with Crippen molar-refractivity contribution in [2.75, 3.05) is 6.54 Å². The van der Waals surface area contributed by atoms with E-state index in [9.17, 15) is 0 Å². The lowest BCUT2D eigenvalue weighted by Gasteiger charge is -2.25. The Balaban J connectivity index is 2.91. The molecule has 1 aliphatic heterocycles. The van der Waals surface area contributed by atoms with Crippen molar-refractivity contribution in [2.24, 2.45) is 5.92 Å². The summed E-state index contributed by atoms with van der Waals surface area (Å²) in [6.07, 6.45) is 4.21. The number of halogens is 1. The van der Waals surface area contributed by atoms with Crippen LogP contribution >= 0.6 is 11.8 Å². The SMILES string of the molecule is CC1=C(C(C)C)N(Cl)CC=C1. The lowest BCUT2D eigenvalue weighted by molar-refractivity contribution is 0.511. The molecule has 0 N–H and O–H groups in total. The summed E-state index contributed by atoms with van der Waals surface area (Å²) >= 11 is 6.00. The van der Waals surface area contributed by atoms with E-state index < -0.39 is 0 Å². The Hall–Kier alpha value is -0.430. The number of rotatable bonds is 1. The maximum atomic E-state index is 6.00. The van der Waals surface area contributed by atoms with Gasteiger partial charge < -0.3 is 0 Å². The molecule has 1 heterocycles. The summed E-state index contributed by atoms with van der Waals surface area (Å²) in [4.78, 5) is 0. The summed E-state index contributed by atoms with van der Waals surface area (Å²) in [6.45, 7) is 7.24. The zero-order valence-electron chi connectivity index (χ0n) is 7.26. The van der Waals surface area contributed by atoms with Gasteiger partial charge in [-0.25, -0.2) is 0 Å². The molecule has 0 aliphatic carbocycles. The molecule has 0 saturated heterocycles. The van der Waals surface area contributed by atoms with E-state index in [4.69, 9.17) is 11.8 Å². The van der Waals surface area contributed by atoms with Gasteiger partial charge in [0.25, 0.3) is 0 Å². The fourth-order valence-electron chi connectivity index (χ4n) is 1.43. The first kappa shape index (κ1) is 8.66. The van der Waals surface area contributed by atoms with Gasteiger partial charge in [-0.2, -0.15) is 0 Å². The Morgan fingerprint density at radius 2 is 2.18 bits per heavy atom. The van der Waals surface area contributed by atoms with Crippen LogP contribution in [0.1, 0.15) is 20.8 Å². The van der Waals surface area contributed by atoms with Crippen molar-refractivity contribution < 1.29 is 0 Å². The van der Waals surface area contributed by atoms with Gasteiger partial charge in [-0.05, 0) is 18.4 Å². The molecule has 11 heavy (non-hydrogen) atoms. The minimum absolute atomic E-state index is 0.512. The van der Waals surface area contributed by atoms with Crippen LogP contribution in [0.4, 0.5) is 0 Å². The third-order valence-corrected chi connectivity index (χ3v) is 2.17. The third-order valence-electron chi connectivity index (χ3n) is 1.85. The van der Waals surface area contributed by atoms with E-state index in [1.807, 2.05) is 0 Å². The molecule has 0 unspecified atom stereocenters. The maximum absolute atomic E-state index is 6.00. The first-order valence-electron chi connectivity index (χ1n) is 3.93. The first-order valence-corrected chi connectivity index (χ1v) is 4.27. The van der Waals surface area contributed by atoms with E-state index in [0.717, 1.165) is 6.54 Å². The first-order chi connectivity index (χ1) is 5.13. The molecule has 0 spiro atoms. The Kier molecular flexibility index (Phi) is 2.61. The van der Waals surface area contributed by atoms with Gasteiger partial charge in [-0.15, -0.1) is 0 Å². The predicted molar refractivity (Wildman–Crippen MR) is 49.2 cm³/mol. The fraction of sp³-hybridized carbons (Fsp3) is 0.556. The molecule has 1 rings (SSSR count). The summed E-state index contributed by atoms with van der Waals surface area (Å²) < 4.78 is 1.79. The molecule has 0 aromatic rings. The van der Waals surface area contributed by atoms with E-state index in [1.165, 1.54) is 11.3 Å². The third kappa shape index (κ3) is 1.78. The number of hydrogen-bond acceptors (Lipinski definition) is 1. The van der Waals surface area contributed by atoms with Gasteiger partial charge in [0.1, 0.15) is 0 Å². The van der Waals surface area contributed by atoms with E-state index in [-0.39, 0.29) is 0 Å². The van der Waals surface area contributed by atoms with Crippen molar-refractivity contribution in [1.82, 2.24) is 4.42 Å². The highest BCUT2D eigenvalue weighted by atomic mass is 35.5. The Morgan fingerprint density at radius 1 is 1.55 bits per heavy atom. The number of allylic oxidation sites excluding steroid dienone is 3. The normalized spacial score (nSPS) is 18.5. The second-order valence-corrected chi connectivity index (χ2v) is 3.58. The number of nitrogens with zero attached hydrogens (tertiary/aromatic N) is 1. The van der Waals surface area contributed by atoms with Crippen LogP contribution in [0.3, 0.4) is 0 Å². The second kappa shape index (κ2) is 3.31. The molecule has 0 saturated carbocycles. The highest BCUT2D eigenvalue weighted by Crippen LogP contribution is 2.24. The summed E-state index contributed by atoms with van der Waals surface area (Å²) in [7, 11) is 0. The molecule has 1 nitrogen and oxygen atoms in total. The van der Waals surface area contributed by atoms with Crippen LogP contribution in [-0.2, 0) is 0 Å². The van der Waals surface area contributed by atoms with Crippen LogP contribution in [0.25, 0.3) is 0 Å². The highest BCUT2D eigenvalue weighted by Gasteiger charge is 2.14. The quantitative estimate of drug-likeness (QED) is 0.549. The molecule has 0 bridgehead atoms. The van der Waals surface area contributed by atoms with Gasteiger partial charge in [-0.3, -0.25) is 4.42 Å². The van der Waals surface area contributed by atoms with E-state index >= 15 is 0 Å². The molecule has 0 amide bonds. The van der Waals surface area contributed by atoms with Crippen molar-refractivity contribution in [3.05, 3.63) is 23.4 Å². The topological polar surface area (TPSA) is 3.24 Å². The van der Waals surface area contributed by atoms with Gasteiger partial charge in [0.05, 0.1) is 6.54 Å². The lowest BCUT2D eigenvalue weighted by atomic mass is 10.0. The van der Waals surface area contributed by atoms with Crippen LogP contribution in [0, 0.1) is 5.92 Å². The van der Waals surface area contributed by atoms with Gasteiger partial charge in [-0.1, -0.05) is 26.0 Å². The average Bonchev–Trinajstić information content (AvgIpc) is 1.85. The second-order valence-electron chi connectivity index (χ2n) is 3.17. The molecule has 0 radical (unpaired) electrons. The molecule has 0 fully saturated rings. The zero-order valence-corrected chi connectivity index (χ0v) is 8.02. The van der Waals surface area contributed by atoms with Gasteiger partial charge in [0.2, 0.25) is 0 Å². The summed E-state index contributed by atoms with van der Waals surface area (Å²) in [5, 5.41) is 0. The fourth-order valence-corrected chi connectivity index (χ4v) is 1.84. The molecule has 62 valence electrons. The summed E-state index contributed by atoms with van der Waals surface area (Å²) in [5.41, 5.74) is 2.52. The summed E-state index contributed by atoms with van der Waals surface area (Å²) in [6, 6.07) is 0. The largest absolute Gasteiger partial charge is 0.285 e. The molecule has 0 aromatic carbocycles. The van der Waals surface area contributed by atoms with Gasteiger partial charge in [0, 0.05) is 17.5 Å². The standard InChI is InChI=1S/C9H14ClN/c1-7(2)9-8(3)5-4-6-11(9)10/h4-5,7H,6H2,1-3H3. The van der Waals surface area contributed by atoms with Crippen molar-refractivity contribution >= 4 is 11.8 Å². The summed E-state index contributed by atoms with van der Waals surface area (Å²) in [5.74, 6) is 0.512. The zero-order chi connectivity index (χ0) is 8.43. The Labute approximate surface area is 73.4 Å². The predicted octanol–water partition coefficient (Wildman–Crippen LogP) is 2.94. The highest BCUT2D eigenvalue weighted by molar-refractivity contribution is 6.14.